The van der Waals surface area contributed by atoms with Gasteiger partial charge in [-0.2, -0.15) is 4.31 Å². The third-order valence-corrected chi connectivity index (χ3v) is 6.95. The highest BCUT2D eigenvalue weighted by molar-refractivity contribution is 7.89. The predicted molar refractivity (Wildman–Crippen MR) is 114 cm³/mol. The molecular formula is C22H28N2O4S. The summed E-state index contributed by atoms with van der Waals surface area (Å²) >= 11 is 0. The summed E-state index contributed by atoms with van der Waals surface area (Å²) in [5.41, 5.74) is 2.81. The molecule has 0 bridgehead atoms. The third-order valence-electron chi connectivity index (χ3n) is 5.05. The molecule has 0 unspecified atom stereocenters. The Morgan fingerprint density at radius 3 is 2.52 bits per heavy atom. The van der Waals surface area contributed by atoms with Gasteiger partial charge in [-0.25, -0.2) is 8.42 Å². The zero-order chi connectivity index (χ0) is 21.0. The third kappa shape index (κ3) is 5.16. The average Bonchev–Trinajstić information content (AvgIpc) is 3.22. The predicted octanol–water partition coefficient (Wildman–Crippen LogP) is 3.92. The fraction of sp³-hybridized carbons (Fsp3) is 0.409. The molecule has 1 saturated heterocycles. The van der Waals surface area contributed by atoms with Gasteiger partial charge in [-0.15, -0.1) is 0 Å². The molecule has 0 atom stereocenters. The van der Waals surface area contributed by atoms with Gasteiger partial charge in [0.25, 0.3) is 5.91 Å². The maximum Gasteiger partial charge on any atom is 0.262 e. The Labute approximate surface area is 172 Å². The number of nitrogens with zero attached hydrogens (tertiary/aromatic N) is 1. The van der Waals surface area contributed by atoms with E-state index in [0.717, 1.165) is 18.4 Å². The summed E-state index contributed by atoms with van der Waals surface area (Å²) in [7, 11) is -3.52. The number of aryl methyl sites for hydroxylation is 1. The molecule has 3 rings (SSSR count). The molecule has 29 heavy (non-hydrogen) atoms. The lowest BCUT2D eigenvalue weighted by atomic mass is 9.98. The minimum Gasteiger partial charge on any atom is -0.484 e. The van der Waals surface area contributed by atoms with Crippen molar-refractivity contribution in [2.24, 2.45) is 0 Å². The first-order valence-corrected chi connectivity index (χ1v) is 11.3. The number of carbonyl (C=O) groups is 1. The van der Waals surface area contributed by atoms with E-state index in [1.165, 1.54) is 15.9 Å². The Morgan fingerprint density at radius 2 is 1.86 bits per heavy atom. The van der Waals surface area contributed by atoms with Crippen molar-refractivity contribution in [2.75, 3.05) is 25.0 Å². The Kier molecular flexibility index (Phi) is 6.59. The lowest BCUT2D eigenvalue weighted by Gasteiger charge is -2.16. The van der Waals surface area contributed by atoms with Crippen LogP contribution < -0.4 is 10.1 Å². The Bertz CT molecular complexity index is 980. The van der Waals surface area contributed by atoms with Gasteiger partial charge in [0.15, 0.2) is 6.61 Å². The highest BCUT2D eigenvalue weighted by atomic mass is 32.2. The first kappa shape index (κ1) is 21.3. The van der Waals surface area contributed by atoms with Crippen LogP contribution in [0.5, 0.6) is 5.75 Å². The van der Waals surface area contributed by atoms with Crippen molar-refractivity contribution < 1.29 is 17.9 Å². The number of rotatable bonds is 7. The molecule has 0 radical (unpaired) electrons. The monoisotopic (exact) mass is 416 g/mol. The van der Waals surface area contributed by atoms with Crippen molar-refractivity contribution in [3.8, 4) is 5.75 Å². The molecule has 0 saturated carbocycles. The molecule has 1 aliphatic heterocycles. The number of nitrogens with one attached hydrogen (secondary N) is 1. The van der Waals surface area contributed by atoms with E-state index in [9.17, 15) is 13.2 Å². The standard InChI is InChI=1S/C22H28N2O4S/c1-16(2)21-10-9-19(13-17(21)3)28-15-22(25)23-18-7-6-8-20(14-18)29(26,27)24-11-4-5-12-24/h6-10,13-14,16H,4-5,11-12,15H2,1-3H3,(H,23,25). The smallest absolute Gasteiger partial charge is 0.262 e. The minimum absolute atomic E-state index is 0.149. The van der Waals surface area contributed by atoms with E-state index in [0.29, 0.717) is 30.4 Å². The van der Waals surface area contributed by atoms with Gasteiger partial charge < -0.3 is 10.1 Å². The van der Waals surface area contributed by atoms with Crippen LogP contribution in [0.4, 0.5) is 5.69 Å². The van der Waals surface area contributed by atoms with Crippen LogP contribution in [0.25, 0.3) is 0 Å². The molecule has 156 valence electrons. The Hall–Kier alpha value is -2.38. The summed E-state index contributed by atoms with van der Waals surface area (Å²) in [6.45, 7) is 7.23. The van der Waals surface area contributed by atoms with Gasteiger partial charge in [0.1, 0.15) is 5.75 Å². The molecule has 1 N–H and O–H groups in total. The normalized spacial score (nSPS) is 14.9. The number of anilines is 1. The summed E-state index contributed by atoms with van der Waals surface area (Å²) < 4.78 is 32.4. The zero-order valence-corrected chi connectivity index (χ0v) is 18.0. The summed E-state index contributed by atoms with van der Waals surface area (Å²) in [6, 6.07) is 12.1. The summed E-state index contributed by atoms with van der Waals surface area (Å²) in [5, 5.41) is 2.71. The molecule has 1 heterocycles. The van der Waals surface area contributed by atoms with Gasteiger partial charge in [-0.05, 0) is 67.1 Å². The summed E-state index contributed by atoms with van der Waals surface area (Å²) in [5.74, 6) is 0.718. The topological polar surface area (TPSA) is 75.7 Å². The lowest BCUT2D eigenvalue weighted by molar-refractivity contribution is -0.118. The number of hydrogen-bond acceptors (Lipinski definition) is 4. The number of hydrogen-bond donors (Lipinski definition) is 1. The van der Waals surface area contributed by atoms with E-state index in [1.54, 1.807) is 18.2 Å². The quantitative estimate of drug-likeness (QED) is 0.742. The number of amides is 1. The van der Waals surface area contributed by atoms with Crippen LogP contribution in [0.1, 0.15) is 43.7 Å². The van der Waals surface area contributed by atoms with E-state index >= 15 is 0 Å². The van der Waals surface area contributed by atoms with Gasteiger partial charge in [-0.1, -0.05) is 26.0 Å². The molecule has 1 amide bonds. The molecule has 1 fully saturated rings. The molecule has 0 aliphatic carbocycles. The molecule has 0 spiro atoms. The molecule has 1 aliphatic rings. The number of ether oxygens (including phenoxy) is 1. The zero-order valence-electron chi connectivity index (χ0n) is 17.1. The molecular weight excluding hydrogens is 388 g/mol. The average molecular weight is 417 g/mol. The molecule has 2 aromatic rings. The van der Waals surface area contributed by atoms with E-state index in [2.05, 4.69) is 19.2 Å². The van der Waals surface area contributed by atoms with Crippen LogP contribution in [0.3, 0.4) is 0 Å². The number of sulfonamides is 1. The number of benzene rings is 2. The summed E-state index contributed by atoms with van der Waals surface area (Å²) in [4.78, 5) is 12.5. The van der Waals surface area contributed by atoms with Crippen LogP contribution in [0.2, 0.25) is 0 Å². The number of carbonyl (C=O) groups excluding carboxylic acids is 1. The SMILES string of the molecule is Cc1cc(OCC(=O)Nc2cccc(S(=O)(=O)N3CCCC3)c2)ccc1C(C)C. The minimum atomic E-state index is -3.52. The molecule has 7 heteroatoms. The van der Waals surface area contributed by atoms with Crippen molar-refractivity contribution in [2.45, 2.75) is 44.4 Å². The van der Waals surface area contributed by atoms with Crippen LogP contribution in [0.15, 0.2) is 47.4 Å². The van der Waals surface area contributed by atoms with Gasteiger partial charge in [0.2, 0.25) is 10.0 Å². The van der Waals surface area contributed by atoms with E-state index in [-0.39, 0.29) is 17.4 Å². The van der Waals surface area contributed by atoms with E-state index < -0.39 is 10.0 Å². The highest BCUT2D eigenvalue weighted by Crippen LogP contribution is 2.24. The van der Waals surface area contributed by atoms with Crippen LogP contribution in [-0.4, -0.2) is 38.3 Å². The van der Waals surface area contributed by atoms with Gasteiger partial charge in [0, 0.05) is 18.8 Å². The Balaban J connectivity index is 1.62. The van der Waals surface area contributed by atoms with Crippen molar-refractivity contribution in [3.63, 3.8) is 0 Å². The summed E-state index contributed by atoms with van der Waals surface area (Å²) in [6.07, 6.45) is 1.76. The van der Waals surface area contributed by atoms with Crippen LogP contribution in [0, 0.1) is 6.92 Å². The fourth-order valence-corrected chi connectivity index (χ4v) is 5.11. The van der Waals surface area contributed by atoms with Crippen LogP contribution >= 0.6 is 0 Å². The van der Waals surface area contributed by atoms with Crippen molar-refractivity contribution in [3.05, 3.63) is 53.6 Å². The Morgan fingerprint density at radius 1 is 1.14 bits per heavy atom. The van der Waals surface area contributed by atoms with Crippen molar-refractivity contribution in [1.82, 2.24) is 4.31 Å². The maximum absolute atomic E-state index is 12.7. The largest absolute Gasteiger partial charge is 0.484 e. The molecule has 6 nitrogen and oxygen atoms in total. The van der Waals surface area contributed by atoms with E-state index in [4.69, 9.17) is 4.74 Å². The molecule has 0 aromatic heterocycles. The fourth-order valence-electron chi connectivity index (χ4n) is 3.54. The maximum atomic E-state index is 12.7. The second-order valence-corrected chi connectivity index (χ2v) is 9.59. The first-order valence-electron chi connectivity index (χ1n) is 9.91. The van der Waals surface area contributed by atoms with Crippen molar-refractivity contribution >= 4 is 21.6 Å². The van der Waals surface area contributed by atoms with E-state index in [1.807, 2.05) is 25.1 Å². The van der Waals surface area contributed by atoms with Crippen LogP contribution in [-0.2, 0) is 14.8 Å². The molecule has 2 aromatic carbocycles. The lowest BCUT2D eigenvalue weighted by Crippen LogP contribution is -2.28. The second kappa shape index (κ2) is 8.97. The van der Waals surface area contributed by atoms with Gasteiger partial charge in [-0.3, -0.25) is 4.79 Å². The van der Waals surface area contributed by atoms with Crippen molar-refractivity contribution in [1.29, 1.82) is 0 Å². The first-order chi connectivity index (χ1) is 13.8. The second-order valence-electron chi connectivity index (χ2n) is 7.65. The highest BCUT2D eigenvalue weighted by Gasteiger charge is 2.27. The van der Waals surface area contributed by atoms with Gasteiger partial charge >= 0.3 is 0 Å². The van der Waals surface area contributed by atoms with Gasteiger partial charge in [0.05, 0.1) is 4.90 Å².